The maximum atomic E-state index is 12.4. The third kappa shape index (κ3) is 7.13. The van der Waals surface area contributed by atoms with Crippen LogP contribution in [0.2, 0.25) is 0 Å². The molecule has 0 bridgehead atoms. The molecular formula is C22H28N2O3. The van der Waals surface area contributed by atoms with Crippen LogP contribution >= 0.6 is 0 Å². The molecule has 0 spiro atoms. The molecule has 2 aromatic rings. The number of carbonyl (C=O) groups excluding carboxylic acids is 2. The lowest BCUT2D eigenvalue weighted by molar-refractivity contribution is -0.116. The number of benzene rings is 2. The molecule has 0 heterocycles. The summed E-state index contributed by atoms with van der Waals surface area (Å²) < 4.78 is 5.65. The Labute approximate surface area is 161 Å². The molecule has 0 aliphatic carbocycles. The first-order valence-corrected chi connectivity index (χ1v) is 9.42. The van der Waals surface area contributed by atoms with Crippen molar-refractivity contribution >= 4 is 23.2 Å². The number of nitrogens with one attached hydrogen (secondary N) is 2. The predicted molar refractivity (Wildman–Crippen MR) is 109 cm³/mol. The zero-order valence-corrected chi connectivity index (χ0v) is 16.2. The molecule has 0 aliphatic rings. The lowest BCUT2D eigenvalue weighted by Gasteiger charge is -2.10. The average molecular weight is 368 g/mol. The van der Waals surface area contributed by atoms with Crippen LogP contribution < -0.4 is 15.4 Å². The van der Waals surface area contributed by atoms with Gasteiger partial charge in [-0.15, -0.1) is 0 Å². The molecule has 2 N–H and O–H groups in total. The number of ether oxygens (including phenoxy) is 1. The van der Waals surface area contributed by atoms with Gasteiger partial charge >= 0.3 is 0 Å². The van der Waals surface area contributed by atoms with Crippen LogP contribution in [0.1, 0.15) is 50.4 Å². The second-order valence-electron chi connectivity index (χ2n) is 6.91. The molecule has 0 fully saturated rings. The molecule has 0 atom stereocenters. The van der Waals surface area contributed by atoms with E-state index in [0.29, 0.717) is 41.6 Å². The van der Waals surface area contributed by atoms with E-state index in [4.69, 9.17) is 4.74 Å². The Morgan fingerprint density at radius 1 is 1.00 bits per heavy atom. The molecule has 0 saturated heterocycles. The number of amides is 2. The van der Waals surface area contributed by atoms with Crippen LogP contribution in [-0.2, 0) is 4.79 Å². The zero-order valence-electron chi connectivity index (χ0n) is 16.2. The van der Waals surface area contributed by atoms with Gasteiger partial charge in [-0.05, 0) is 54.8 Å². The van der Waals surface area contributed by atoms with Gasteiger partial charge in [0.25, 0.3) is 5.91 Å². The van der Waals surface area contributed by atoms with Crippen molar-refractivity contribution < 1.29 is 14.3 Å². The SMILES string of the molecule is CCCCOc1cccc(C(=O)Nc2ccc(NC(=O)CC(C)C)cc2)c1. The van der Waals surface area contributed by atoms with Gasteiger partial charge in [0.2, 0.25) is 5.91 Å². The third-order valence-electron chi connectivity index (χ3n) is 3.88. The zero-order chi connectivity index (χ0) is 19.6. The standard InChI is InChI=1S/C22H28N2O3/c1-4-5-13-27-20-8-6-7-17(15-20)22(26)24-19-11-9-18(10-12-19)23-21(25)14-16(2)3/h6-12,15-16H,4-5,13-14H2,1-3H3,(H,23,25)(H,24,26). The van der Waals surface area contributed by atoms with Gasteiger partial charge < -0.3 is 15.4 Å². The number of unbranched alkanes of at least 4 members (excludes halogenated alkanes) is 1. The van der Waals surface area contributed by atoms with Crippen LogP contribution in [0.25, 0.3) is 0 Å². The highest BCUT2D eigenvalue weighted by Gasteiger charge is 2.09. The van der Waals surface area contributed by atoms with E-state index in [-0.39, 0.29) is 11.8 Å². The van der Waals surface area contributed by atoms with Crippen molar-refractivity contribution in [2.75, 3.05) is 17.2 Å². The highest BCUT2D eigenvalue weighted by molar-refractivity contribution is 6.04. The van der Waals surface area contributed by atoms with Crippen molar-refractivity contribution in [2.24, 2.45) is 5.92 Å². The van der Waals surface area contributed by atoms with Crippen LogP contribution in [-0.4, -0.2) is 18.4 Å². The van der Waals surface area contributed by atoms with Crippen molar-refractivity contribution in [2.45, 2.75) is 40.0 Å². The molecule has 2 aromatic carbocycles. The summed E-state index contributed by atoms with van der Waals surface area (Å²) in [5.74, 6) is 0.791. The first kappa shape index (κ1) is 20.5. The third-order valence-corrected chi connectivity index (χ3v) is 3.88. The van der Waals surface area contributed by atoms with E-state index in [9.17, 15) is 9.59 Å². The molecule has 2 rings (SSSR count). The van der Waals surface area contributed by atoms with Gasteiger partial charge in [-0.3, -0.25) is 9.59 Å². The molecule has 0 aromatic heterocycles. The van der Waals surface area contributed by atoms with E-state index in [2.05, 4.69) is 17.6 Å². The Morgan fingerprint density at radius 2 is 1.67 bits per heavy atom. The van der Waals surface area contributed by atoms with Gasteiger partial charge in [0.1, 0.15) is 5.75 Å². The first-order chi connectivity index (χ1) is 13.0. The Kier molecular flexibility index (Phi) is 7.86. The first-order valence-electron chi connectivity index (χ1n) is 9.42. The van der Waals surface area contributed by atoms with Crippen molar-refractivity contribution in [3.05, 3.63) is 54.1 Å². The second-order valence-corrected chi connectivity index (χ2v) is 6.91. The molecule has 144 valence electrons. The number of anilines is 2. The minimum Gasteiger partial charge on any atom is -0.494 e. The lowest BCUT2D eigenvalue weighted by atomic mass is 10.1. The minimum atomic E-state index is -0.201. The monoisotopic (exact) mass is 368 g/mol. The van der Waals surface area contributed by atoms with Gasteiger partial charge in [-0.25, -0.2) is 0 Å². The average Bonchev–Trinajstić information content (AvgIpc) is 2.63. The molecule has 0 radical (unpaired) electrons. The molecule has 0 aliphatic heterocycles. The summed E-state index contributed by atoms with van der Waals surface area (Å²) in [5.41, 5.74) is 1.92. The Bertz CT molecular complexity index is 754. The number of hydrogen-bond donors (Lipinski definition) is 2. The lowest BCUT2D eigenvalue weighted by Crippen LogP contribution is -2.14. The van der Waals surface area contributed by atoms with Gasteiger partial charge in [0.15, 0.2) is 0 Å². The largest absolute Gasteiger partial charge is 0.494 e. The fraction of sp³-hybridized carbons (Fsp3) is 0.364. The van der Waals surface area contributed by atoms with Crippen molar-refractivity contribution in [1.29, 1.82) is 0 Å². The highest BCUT2D eigenvalue weighted by atomic mass is 16.5. The minimum absolute atomic E-state index is 0.0123. The van der Waals surface area contributed by atoms with Crippen LogP contribution in [0.5, 0.6) is 5.75 Å². The number of hydrogen-bond acceptors (Lipinski definition) is 3. The highest BCUT2D eigenvalue weighted by Crippen LogP contribution is 2.18. The van der Waals surface area contributed by atoms with E-state index in [1.807, 2.05) is 26.0 Å². The maximum Gasteiger partial charge on any atom is 0.255 e. The Balaban J connectivity index is 1.93. The summed E-state index contributed by atoms with van der Waals surface area (Å²) in [4.78, 5) is 24.2. The van der Waals surface area contributed by atoms with E-state index in [1.54, 1.807) is 36.4 Å². The fourth-order valence-electron chi connectivity index (χ4n) is 2.48. The summed E-state index contributed by atoms with van der Waals surface area (Å²) in [6.07, 6.45) is 2.53. The molecule has 5 heteroatoms. The van der Waals surface area contributed by atoms with Crippen molar-refractivity contribution in [3.8, 4) is 5.75 Å². The van der Waals surface area contributed by atoms with E-state index < -0.39 is 0 Å². The smallest absolute Gasteiger partial charge is 0.255 e. The normalized spacial score (nSPS) is 10.5. The molecule has 27 heavy (non-hydrogen) atoms. The van der Waals surface area contributed by atoms with Gasteiger partial charge in [0, 0.05) is 23.4 Å². The van der Waals surface area contributed by atoms with Gasteiger partial charge in [-0.2, -0.15) is 0 Å². The van der Waals surface area contributed by atoms with E-state index in [1.165, 1.54) is 0 Å². The Morgan fingerprint density at radius 3 is 2.30 bits per heavy atom. The molecular weight excluding hydrogens is 340 g/mol. The van der Waals surface area contributed by atoms with Crippen LogP contribution in [0, 0.1) is 5.92 Å². The predicted octanol–water partition coefficient (Wildman–Crippen LogP) is 5.10. The summed E-state index contributed by atoms with van der Waals surface area (Å²) in [6.45, 7) is 6.75. The van der Waals surface area contributed by atoms with E-state index >= 15 is 0 Å². The number of rotatable bonds is 9. The quantitative estimate of drug-likeness (QED) is 0.605. The topological polar surface area (TPSA) is 67.4 Å². The van der Waals surface area contributed by atoms with Gasteiger partial charge in [-0.1, -0.05) is 33.3 Å². The summed E-state index contributed by atoms with van der Waals surface area (Å²) >= 11 is 0. The molecule has 5 nitrogen and oxygen atoms in total. The van der Waals surface area contributed by atoms with Gasteiger partial charge in [0.05, 0.1) is 6.61 Å². The van der Waals surface area contributed by atoms with Crippen LogP contribution in [0.15, 0.2) is 48.5 Å². The molecule has 0 saturated carbocycles. The van der Waals surface area contributed by atoms with Crippen molar-refractivity contribution in [1.82, 2.24) is 0 Å². The number of carbonyl (C=O) groups is 2. The maximum absolute atomic E-state index is 12.4. The van der Waals surface area contributed by atoms with Crippen molar-refractivity contribution in [3.63, 3.8) is 0 Å². The second kappa shape index (κ2) is 10.4. The summed E-state index contributed by atoms with van der Waals surface area (Å²) in [6, 6.07) is 14.2. The molecule has 0 unspecified atom stereocenters. The summed E-state index contributed by atoms with van der Waals surface area (Å²) in [7, 11) is 0. The summed E-state index contributed by atoms with van der Waals surface area (Å²) in [5, 5.41) is 5.71. The molecule has 2 amide bonds. The van der Waals surface area contributed by atoms with E-state index in [0.717, 1.165) is 12.8 Å². The Hall–Kier alpha value is -2.82. The fourth-order valence-corrected chi connectivity index (χ4v) is 2.48. The van der Waals surface area contributed by atoms with Crippen LogP contribution in [0.4, 0.5) is 11.4 Å². The van der Waals surface area contributed by atoms with Crippen LogP contribution in [0.3, 0.4) is 0 Å².